The number of hydrogen-bond donors (Lipinski definition) is 1. The Balaban J connectivity index is 1.54. The molecule has 0 bridgehead atoms. The maximum atomic E-state index is 12.4. The van der Waals surface area contributed by atoms with Crippen molar-refractivity contribution < 1.29 is 4.79 Å². The summed E-state index contributed by atoms with van der Waals surface area (Å²) < 4.78 is 0. The van der Waals surface area contributed by atoms with Gasteiger partial charge in [-0.05, 0) is 42.3 Å². The summed E-state index contributed by atoms with van der Waals surface area (Å²) in [4.78, 5) is 15.8. The van der Waals surface area contributed by atoms with E-state index in [1.165, 1.54) is 23.3 Å². The molecule has 0 atom stereocenters. The molecule has 1 saturated carbocycles. The first kappa shape index (κ1) is 11.2. The van der Waals surface area contributed by atoms with Gasteiger partial charge in [-0.2, -0.15) is 5.10 Å². The summed E-state index contributed by atoms with van der Waals surface area (Å²) >= 11 is 1.79. The number of rotatable bonds is 2. The molecule has 0 spiro atoms. The lowest BCUT2D eigenvalue weighted by Gasteiger charge is -2.26. The molecule has 3 heterocycles. The third-order valence-electron chi connectivity index (χ3n) is 3.93. The SMILES string of the molecule is O=C(c1cc(C2CC2)[nH]n1)N1CCc2sccc2C1. The van der Waals surface area contributed by atoms with Gasteiger partial charge < -0.3 is 4.90 Å². The van der Waals surface area contributed by atoms with Crippen molar-refractivity contribution in [3.8, 4) is 0 Å². The smallest absolute Gasteiger partial charge is 0.274 e. The van der Waals surface area contributed by atoms with Crippen molar-refractivity contribution in [3.63, 3.8) is 0 Å². The molecule has 1 aliphatic heterocycles. The van der Waals surface area contributed by atoms with E-state index in [-0.39, 0.29) is 5.91 Å². The number of carbonyl (C=O) groups excluding carboxylic acids is 1. The number of H-pyrrole nitrogens is 1. The molecule has 2 aliphatic rings. The lowest BCUT2D eigenvalue weighted by molar-refractivity contribution is 0.0730. The summed E-state index contributed by atoms with van der Waals surface area (Å²) in [7, 11) is 0. The summed E-state index contributed by atoms with van der Waals surface area (Å²) in [6.45, 7) is 1.53. The van der Waals surface area contributed by atoms with Crippen LogP contribution in [0.4, 0.5) is 0 Å². The van der Waals surface area contributed by atoms with E-state index < -0.39 is 0 Å². The fraction of sp³-hybridized carbons (Fsp3) is 0.429. The van der Waals surface area contributed by atoms with Gasteiger partial charge in [0.05, 0.1) is 0 Å². The largest absolute Gasteiger partial charge is 0.333 e. The van der Waals surface area contributed by atoms with Crippen LogP contribution in [-0.4, -0.2) is 27.5 Å². The predicted molar refractivity (Wildman–Crippen MR) is 73.3 cm³/mol. The Morgan fingerprint density at radius 3 is 3.21 bits per heavy atom. The highest BCUT2D eigenvalue weighted by Gasteiger charge is 2.28. The Hall–Kier alpha value is -1.62. The van der Waals surface area contributed by atoms with Crippen LogP contribution in [0.5, 0.6) is 0 Å². The van der Waals surface area contributed by atoms with Gasteiger partial charge in [-0.15, -0.1) is 11.3 Å². The first-order valence-electron chi connectivity index (χ1n) is 6.71. The van der Waals surface area contributed by atoms with Crippen molar-refractivity contribution in [1.29, 1.82) is 0 Å². The second-order valence-electron chi connectivity index (χ2n) is 5.33. The minimum Gasteiger partial charge on any atom is -0.333 e. The molecule has 1 N–H and O–H groups in total. The lowest BCUT2D eigenvalue weighted by atomic mass is 10.1. The van der Waals surface area contributed by atoms with Gasteiger partial charge in [0.25, 0.3) is 5.91 Å². The Kier molecular flexibility index (Phi) is 2.48. The van der Waals surface area contributed by atoms with Gasteiger partial charge in [-0.1, -0.05) is 0 Å². The van der Waals surface area contributed by atoms with Crippen LogP contribution < -0.4 is 0 Å². The van der Waals surface area contributed by atoms with Crippen molar-refractivity contribution in [2.24, 2.45) is 0 Å². The Bertz CT molecular complexity index is 626. The number of aromatic nitrogens is 2. The minimum atomic E-state index is 0.0556. The third kappa shape index (κ3) is 1.98. The zero-order valence-electron chi connectivity index (χ0n) is 10.6. The standard InChI is InChI=1S/C14H15N3OS/c18-14(12-7-11(15-16-12)9-1-2-9)17-5-3-13-10(8-17)4-6-19-13/h4,6-7,9H,1-3,5,8H2,(H,15,16). The fourth-order valence-corrected chi connectivity index (χ4v) is 3.52. The Morgan fingerprint density at radius 2 is 2.37 bits per heavy atom. The highest BCUT2D eigenvalue weighted by atomic mass is 32.1. The maximum Gasteiger partial charge on any atom is 0.274 e. The molecule has 0 unspecified atom stereocenters. The third-order valence-corrected chi connectivity index (χ3v) is 4.95. The van der Waals surface area contributed by atoms with Crippen molar-refractivity contribution >= 4 is 17.2 Å². The maximum absolute atomic E-state index is 12.4. The topological polar surface area (TPSA) is 49.0 Å². The van der Waals surface area contributed by atoms with Crippen LogP contribution in [0.2, 0.25) is 0 Å². The average molecular weight is 273 g/mol. The molecule has 1 amide bonds. The van der Waals surface area contributed by atoms with Gasteiger partial charge in [-0.3, -0.25) is 9.89 Å². The summed E-state index contributed by atoms with van der Waals surface area (Å²) in [5.74, 6) is 0.666. The van der Waals surface area contributed by atoms with E-state index in [1.54, 1.807) is 11.3 Å². The molecule has 98 valence electrons. The zero-order valence-corrected chi connectivity index (χ0v) is 11.4. The van der Waals surface area contributed by atoms with Gasteiger partial charge in [-0.25, -0.2) is 0 Å². The van der Waals surface area contributed by atoms with Crippen molar-refractivity contribution in [2.45, 2.75) is 31.7 Å². The number of carbonyl (C=O) groups is 1. The normalized spacial score (nSPS) is 18.4. The fourth-order valence-electron chi connectivity index (χ4n) is 2.63. The van der Waals surface area contributed by atoms with Crippen LogP contribution in [0.25, 0.3) is 0 Å². The molecule has 19 heavy (non-hydrogen) atoms. The molecular formula is C14H15N3OS. The summed E-state index contributed by atoms with van der Waals surface area (Å²) in [6, 6.07) is 4.06. The number of aromatic amines is 1. The van der Waals surface area contributed by atoms with Gasteiger partial charge >= 0.3 is 0 Å². The Morgan fingerprint density at radius 1 is 1.47 bits per heavy atom. The first-order chi connectivity index (χ1) is 9.31. The molecule has 4 rings (SSSR count). The summed E-state index contributed by atoms with van der Waals surface area (Å²) in [6.07, 6.45) is 3.41. The van der Waals surface area contributed by atoms with Crippen LogP contribution >= 0.6 is 11.3 Å². The first-order valence-corrected chi connectivity index (χ1v) is 7.59. The van der Waals surface area contributed by atoms with Gasteiger partial charge in [0.1, 0.15) is 5.69 Å². The van der Waals surface area contributed by atoms with Crippen molar-refractivity contribution in [3.05, 3.63) is 39.3 Å². The van der Waals surface area contributed by atoms with E-state index in [0.717, 1.165) is 25.2 Å². The number of fused-ring (bicyclic) bond motifs is 1. The highest BCUT2D eigenvalue weighted by Crippen LogP contribution is 2.39. The second-order valence-corrected chi connectivity index (χ2v) is 6.33. The van der Waals surface area contributed by atoms with Crippen LogP contribution in [0.15, 0.2) is 17.5 Å². The number of nitrogens with zero attached hydrogens (tertiary/aromatic N) is 2. The van der Waals surface area contributed by atoms with Crippen molar-refractivity contribution in [1.82, 2.24) is 15.1 Å². The Labute approximate surface area is 115 Å². The minimum absolute atomic E-state index is 0.0556. The van der Waals surface area contributed by atoms with Gasteiger partial charge in [0.2, 0.25) is 0 Å². The monoisotopic (exact) mass is 273 g/mol. The molecule has 5 heteroatoms. The number of amides is 1. The van der Waals surface area contributed by atoms with Crippen LogP contribution in [-0.2, 0) is 13.0 Å². The molecule has 2 aromatic rings. The van der Waals surface area contributed by atoms with E-state index in [2.05, 4.69) is 21.6 Å². The number of thiophene rings is 1. The molecule has 0 saturated heterocycles. The predicted octanol–water partition coefficient (Wildman–Crippen LogP) is 2.55. The average Bonchev–Trinajstić information content (AvgIpc) is 3.00. The summed E-state index contributed by atoms with van der Waals surface area (Å²) in [5, 5.41) is 9.30. The molecule has 0 aromatic carbocycles. The molecule has 0 radical (unpaired) electrons. The van der Waals surface area contributed by atoms with Crippen LogP contribution in [0.3, 0.4) is 0 Å². The van der Waals surface area contributed by atoms with Crippen LogP contribution in [0, 0.1) is 0 Å². The van der Waals surface area contributed by atoms with E-state index in [4.69, 9.17) is 0 Å². The lowest BCUT2D eigenvalue weighted by Crippen LogP contribution is -2.35. The number of nitrogens with one attached hydrogen (secondary N) is 1. The van der Waals surface area contributed by atoms with Crippen LogP contribution in [0.1, 0.15) is 45.4 Å². The van der Waals surface area contributed by atoms with Gasteiger partial charge in [0.15, 0.2) is 0 Å². The molecule has 2 aromatic heterocycles. The molecule has 1 aliphatic carbocycles. The van der Waals surface area contributed by atoms with Gasteiger partial charge in [0, 0.05) is 29.6 Å². The molecular weight excluding hydrogens is 258 g/mol. The summed E-state index contributed by atoms with van der Waals surface area (Å²) in [5.41, 5.74) is 2.99. The van der Waals surface area contributed by atoms with E-state index in [9.17, 15) is 4.79 Å². The highest BCUT2D eigenvalue weighted by molar-refractivity contribution is 7.10. The zero-order chi connectivity index (χ0) is 12.8. The molecule has 4 nitrogen and oxygen atoms in total. The van der Waals surface area contributed by atoms with E-state index in [0.29, 0.717) is 11.6 Å². The second kappa shape index (κ2) is 4.20. The molecule has 1 fully saturated rings. The van der Waals surface area contributed by atoms with E-state index >= 15 is 0 Å². The number of hydrogen-bond acceptors (Lipinski definition) is 3. The quantitative estimate of drug-likeness (QED) is 0.914. The van der Waals surface area contributed by atoms with Crippen molar-refractivity contribution in [2.75, 3.05) is 6.54 Å². The van der Waals surface area contributed by atoms with E-state index in [1.807, 2.05) is 11.0 Å².